The number of H-pyrrole nitrogens is 1. The molecule has 2 aromatic carbocycles. The third-order valence-electron chi connectivity index (χ3n) is 7.42. The summed E-state index contributed by atoms with van der Waals surface area (Å²) in [5, 5.41) is 11.7. The van der Waals surface area contributed by atoms with Crippen molar-refractivity contribution < 1.29 is 5.11 Å². The number of hydrogen-bond donors (Lipinski definition) is 2. The Labute approximate surface area is 179 Å². The molecule has 1 aromatic heterocycles. The van der Waals surface area contributed by atoms with Crippen LogP contribution in [0.15, 0.2) is 48.5 Å². The van der Waals surface area contributed by atoms with Crippen molar-refractivity contribution in [2.75, 3.05) is 20.1 Å². The maximum atomic E-state index is 11.7. The molecule has 4 heteroatoms. The van der Waals surface area contributed by atoms with E-state index in [-0.39, 0.29) is 0 Å². The summed E-state index contributed by atoms with van der Waals surface area (Å²) in [5.74, 6) is 1.90. The number of para-hydroxylation sites is 2. The van der Waals surface area contributed by atoms with Crippen molar-refractivity contribution >= 4 is 11.0 Å². The van der Waals surface area contributed by atoms with Crippen molar-refractivity contribution in [3.05, 3.63) is 65.5 Å². The number of nitrogens with zero attached hydrogens (tertiary/aromatic N) is 2. The molecular weight excluding hydrogens is 370 g/mol. The molecule has 158 valence electrons. The first-order chi connectivity index (χ1) is 14.6. The molecule has 0 saturated heterocycles. The van der Waals surface area contributed by atoms with E-state index in [4.69, 9.17) is 0 Å². The molecule has 30 heavy (non-hydrogen) atoms. The molecule has 1 heterocycles. The molecule has 1 saturated carbocycles. The first-order valence-electron chi connectivity index (χ1n) is 11.6. The van der Waals surface area contributed by atoms with E-state index in [1.165, 1.54) is 24.0 Å². The summed E-state index contributed by atoms with van der Waals surface area (Å²) in [7, 11) is 2.19. The predicted molar refractivity (Wildman–Crippen MR) is 122 cm³/mol. The first kappa shape index (κ1) is 19.8. The van der Waals surface area contributed by atoms with Gasteiger partial charge in [0.1, 0.15) is 5.82 Å². The van der Waals surface area contributed by atoms with Crippen LogP contribution in [-0.4, -0.2) is 45.7 Å². The quantitative estimate of drug-likeness (QED) is 0.583. The third kappa shape index (κ3) is 3.79. The van der Waals surface area contributed by atoms with Crippen molar-refractivity contribution in [2.45, 2.75) is 62.4 Å². The summed E-state index contributed by atoms with van der Waals surface area (Å²) >= 11 is 0. The number of benzene rings is 2. The van der Waals surface area contributed by atoms with Crippen LogP contribution in [0.4, 0.5) is 0 Å². The Hall–Kier alpha value is -2.17. The summed E-state index contributed by atoms with van der Waals surface area (Å²) in [4.78, 5) is 10.5. The number of nitrogens with one attached hydrogen (secondary N) is 1. The van der Waals surface area contributed by atoms with Gasteiger partial charge in [-0.05, 0) is 74.9 Å². The molecule has 6 rings (SSSR count). The van der Waals surface area contributed by atoms with Crippen LogP contribution in [0.5, 0.6) is 0 Å². The number of imidazole rings is 1. The van der Waals surface area contributed by atoms with E-state index < -0.39 is 5.60 Å². The Kier molecular flexibility index (Phi) is 5.38. The minimum absolute atomic E-state index is 0.302. The zero-order valence-corrected chi connectivity index (χ0v) is 18.0. The summed E-state index contributed by atoms with van der Waals surface area (Å²) in [6.45, 7) is 1.97. The highest BCUT2D eigenvalue weighted by molar-refractivity contribution is 5.74. The minimum atomic E-state index is -0.553. The molecular formula is C26H33N3O. The molecule has 3 aromatic rings. The summed E-state index contributed by atoms with van der Waals surface area (Å²) < 4.78 is 0. The lowest BCUT2D eigenvalue weighted by molar-refractivity contribution is -0.0194. The van der Waals surface area contributed by atoms with E-state index in [1.54, 1.807) is 0 Å². The fraction of sp³-hybridized carbons (Fsp3) is 0.500. The van der Waals surface area contributed by atoms with Gasteiger partial charge in [-0.25, -0.2) is 4.98 Å². The first-order valence-corrected chi connectivity index (χ1v) is 11.6. The number of aromatic nitrogens is 2. The SMILES string of the molecule is CN(CCCc1nc2ccccc2[nH]1)CCC1(O)CC2CCCC1c1ccccc12. The van der Waals surface area contributed by atoms with Crippen LogP contribution in [-0.2, 0) is 6.42 Å². The van der Waals surface area contributed by atoms with Crippen molar-refractivity contribution in [3.8, 4) is 0 Å². The van der Waals surface area contributed by atoms with E-state index in [0.29, 0.717) is 11.8 Å². The Morgan fingerprint density at radius 2 is 1.87 bits per heavy atom. The van der Waals surface area contributed by atoms with Crippen LogP contribution >= 0.6 is 0 Å². The van der Waals surface area contributed by atoms with Gasteiger partial charge in [0, 0.05) is 18.9 Å². The molecule has 0 amide bonds. The Bertz CT molecular complexity index is 979. The second-order valence-corrected chi connectivity index (χ2v) is 9.47. The van der Waals surface area contributed by atoms with Crippen LogP contribution in [0, 0.1) is 0 Å². The average Bonchev–Trinajstić information content (AvgIpc) is 2.98. The van der Waals surface area contributed by atoms with Gasteiger partial charge in [0.15, 0.2) is 0 Å². The van der Waals surface area contributed by atoms with Gasteiger partial charge >= 0.3 is 0 Å². The van der Waals surface area contributed by atoms with Crippen LogP contribution < -0.4 is 0 Å². The molecule has 4 nitrogen and oxygen atoms in total. The molecule has 3 atom stereocenters. The predicted octanol–water partition coefficient (Wildman–Crippen LogP) is 5.00. The van der Waals surface area contributed by atoms with Crippen molar-refractivity contribution in [2.24, 2.45) is 0 Å². The van der Waals surface area contributed by atoms with Crippen LogP contribution in [0.25, 0.3) is 11.0 Å². The standard InChI is InChI=1S/C26H33N3O/c1-29(16-7-14-25-27-23-12-4-5-13-24(23)28-25)17-15-26(30)18-19-8-6-11-22(26)21-10-3-2-9-20(19)21/h2-5,9-10,12-13,19,22,30H,6-8,11,14-18H2,1H3,(H,27,28). The molecule has 0 radical (unpaired) electrons. The van der Waals surface area contributed by atoms with Gasteiger partial charge in [-0.3, -0.25) is 0 Å². The van der Waals surface area contributed by atoms with E-state index >= 15 is 0 Å². The third-order valence-corrected chi connectivity index (χ3v) is 7.42. The fourth-order valence-electron chi connectivity index (χ4n) is 5.83. The monoisotopic (exact) mass is 403 g/mol. The molecule has 3 unspecified atom stereocenters. The molecule has 3 aliphatic rings. The largest absolute Gasteiger partial charge is 0.389 e. The lowest BCUT2D eigenvalue weighted by Crippen LogP contribution is -2.43. The maximum absolute atomic E-state index is 11.7. The average molecular weight is 404 g/mol. The number of aromatic amines is 1. The zero-order valence-electron chi connectivity index (χ0n) is 18.0. The minimum Gasteiger partial charge on any atom is -0.389 e. The number of aliphatic hydroxyl groups is 1. The second kappa shape index (κ2) is 8.16. The molecule has 2 bridgehead atoms. The second-order valence-electron chi connectivity index (χ2n) is 9.47. The Morgan fingerprint density at radius 1 is 1.07 bits per heavy atom. The number of fused-ring (bicyclic) bond motifs is 4. The molecule has 1 fully saturated rings. The number of aryl methyl sites for hydroxylation is 1. The molecule has 3 aliphatic carbocycles. The van der Waals surface area contributed by atoms with Gasteiger partial charge in [-0.15, -0.1) is 0 Å². The molecule has 0 spiro atoms. The highest BCUT2D eigenvalue weighted by Crippen LogP contribution is 2.53. The topological polar surface area (TPSA) is 52.2 Å². The lowest BCUT2D eigenvalue weighted by Gasteiger charge is -2.43. The van der Waals surface area contributed by atoms with E-state index in [2.05, 4.69) is 58.3 Å². The summed E-state index contributed by atoms with van der Waals surface area (Å²) in [5.41, 5.74) is 4.53. The van der Waals surface area contributed by atoms with Crippen molar-refractivity contribution in [3.63, 3.8) is 0 Å². The molecule has 2 N–H and O–H groups in total. The highest BCUT2D eigenvalue weighted by atomic mass is 16.3. The van der Waals surface area contributed by atoms with Gasteiger partial charge in [-0.2, -0.15) is 0 Å². The van der Waals surface area contributed by atoms with Crippen molar-refractivity contribution in [1.82, 2.24) is 14.9 Å². The summed E-state index contributed by atoms with van der Waals surface area (Å²) in [6.07, 6.45) is 7.42. The van der Waals surface area contributed by atoms with E-state index in [1.807, 2.05) is 12.1 Å². The number of rotatable bonds is 7. The van der Waals surface area contributed by atoms with Gasteiger partial charge in [0.25, 0.3) is 0 Å². The number of hydrogen-bond acceptors (Lipinski definition) is 3. The normalized spacial score (nSPS) is 25.6. The Morgan fingerprint density at radius 3 is 2.73 bits per heavy atom. The van der Waals surface area contributed by atoms with Crippen molar-refractivity contribution in [1.29, 1.82) is 0 Å². The summed E-state index contributed by atoms with van der Waals surface area (Å²) in [6, 6.07) is 17.1. The van der Waals surface area contributed by atoms with Crippen LogP contribution in [0.2, 0.25) is 0 Å². The van der Waals surface area contributed by atoms with Crippen LogP contribution in [0.1, 0.15) is 67.3 Å². The van der Waals surface area contributed by atoms with Crippen LogP contribution in [0.3, 0.4) is 0 Å². The highest BCUT2D eigenvalue weighted by Gasteiger charge is 2.46. The van der Waals surface area contributed by atoms with Gasteiger partial charge in [0.05, 0.1) is 16.6 Å². The van der Waals surface area contributed by atoms with E-state index in [9.17, 15) is 5.11 Å². The van der Waals surface area contributed by atoms with Gasteiger partial charge in [0.2, 0.25) is 0 Å². The van der Waals surface area contributed by atoms with Gasteiger partial charge < -0.3 is 15.0 Å². The van der Waals surface area contributed by atoms with Gasteiger partial charge in [-0.1, -0.05) is 42.8 Å². The molecule has 0 aliphatic heterocycles. The van der Waals surface area contributed by atoms with E-state index in [0.717, 1.165) is 62.1 Å². The fourth-order valence-corrected chi connectivity index (χ4v) is 5.83. The lowest BCUT2D eigenvalue weighted by atomic mass is 9.67. The zero-order chi connectivity index (χ0) is 20.6. The Balaban J connectivity index is 1.17. The maximum Gasteiger partial charge on any atom is 0.107 e. The smallest absolute Gasteiger partial charge is 0.107 e.